The zero-order chi connectivity index (χ0) is 17.4. The van der Waals surface area contributed by atoms with E-state index in [4.69, 9.17) is 0 Å². The molecule has 4 rings (SSSR count). The second kappa shape index (κ2) is 6.46. The van der Waals surface area contributed by atoms with Crippen LogP contribution in [0.2, 0.25) is 0 Å². The number of hydrogen-bond donors (Lipinski definition) is 1. The zero-order valence-corrected chi connectivity index (χ0v) is 14.5. The third-order valence-electron chi connectivity index (χ3n) is 5.26. The first-order valence-electron chi connectivity index (χ1n) is 8.99. The van der Waals surface area contributed by atoms with Crippen LogP contribution in [0.4, 0.5) is 0 Å². The van der Waals surface area contributed by atoms with E-state index in [1.165, 1.54) is 25.7 Å². The predicted octanol–water partition coefficient (Wildman–Crippen LogP) is 1.74. The number of hydrogen-bond acceptors (Lipinski definition) is 4. The second-order valence-corrected chi connectivity index (χ2v) is 7.13. The molecule has 7 nitrogen and oxygen atoms in total. The molecule has 0 spiro atoms. The Bertz CT molecular complexity index is 809. The van der Waals surface area contributed by atoms with Crippen LogP contribution >= 0.6 is 0 Å². The molecule has 0 atom stereocenters. The molecule has 0 unspecified atom stereocenters. The Morgan fingerprint density at radius 2 is 2.12 bits per heavy atom. The summed E-state index contributed by atoms with van der Waals surface area (Å²) < 4.78 is 0. The van der Waals surface area contributed by atoms with Crippen molar-refractivity contribution in [3.05, 3.63) is 23.7 Å². The molecule has 1 saturated carbocycles. The van der Waals surface area contributed by atoms with Crippen molar-refractivity contribution >= 4 is 23.0 Å². The number of carbonyl (C=O) groups is 2. The smallest absolute Gasteiger partial charge is 0.256 e. The summed E-state index contributed by atoms with van der Waals surface area (Å²) in [4.78, 5) is 40.3. The fourth-order valence-corrected chi connectivity index (χ4v) is 3.90. The Kier molecular flexibility index (Phi) is 4.15. The van der Waals surface area contributed by atoms with Crippen LogP contribution in [0.3, 0.4) is 0 Å². The van der Waals surface area contributed by atoms with Gasteiger partial charge in [-0.1, -0.05) is 12.8 Å². The summed E-state index contributed by atoms with van der Waals surface area (Å²) in [5.41, 5.74) is 1.84. The number of amides is 2. The summed E-state index contributed by atoms with van der Waals surface area (Å²) in [7, 11) is 0. The van der Waals surface area contributed by atoms with Crippen molar-refractivity contribution in [2.45, 2.75) is 32.6 Å². The van der Waals surface area contributed by atoms with Crippen molar-refractivity contribution in [1.29, 1.82) is 0 Å². The van der Waals surface area contributed by atoms with Gasteiger partial charge in [0.2, 0.25) is 5.91 Å². The molecular weight excluding hydrogens is 318 g/mol. The van der Waals surface area contributed by atoms with Gasteiger partial charge >= 0.3 is 0 Å². The average Bonchev–Trinajstić information content (AvgIpc) is 3.23. The molecule has 0 bridgehead atoms. The highest BCUT2D eigenvalue weighted by atomic mass is 16.2. The average molecular weight is 341 g/mol. The minimum atomic E-state index is -0.143. The monoisotopic (exact) mass is 341 g/mol. The van der Waals surface area contributed by atoms with E-state index in [9.17, 15) is 9.59 Å². The van der Waals surface area contributed by atoms with E-state index in [2.05, 4.69) is 15.0 Å². The van der Waals surface area contributed by atoms with Crippen LogP contribution in [0, 0.1) is 12.8 Å². The summed E-state index contributed by atoms with van der Waals surface area (Å²) >= 11 is 0. The predicted molar refractivity (Wildman–Crippen MR) is 93.1 cm³/mol. The lowest BCUT2D eigenvalue weighted by Gasteiger charge is -2.35. The summed E-state index contributed by atoms with van der Waals surface area (Å²) in [6.45, 7) is 4.07. The summed E-state index contributed by atoms with van der Waals surface area (Å²) in [6.07, 6.45) is 6.55. The van der Waals surface area contributed by atoms with Crippen LogP contribution in [0.5, 0.6) is 0 Å². The number of aromatic nitrogens is 3. The van der Waals surface area contributed by atoms with Gasteiger partial charge in [-0.15, -0.1) is 0 Å². The molecular formula is C18H23N5O2. The standard InChI is InChI=1S/C18H23N5O2/c1-12-20-15-8-14(9-19-17(15)21-12)18(25)23-7-6-22(16(24)11-23)10-13-4-2-3-5-13/h8-9,13H,2-7,10-11H2,1H3,(H,19,20,21). The highest BCUT2D eigenvalue weighted by Gasteiger charge is 2.30. The van der Waals surface area contributed by atoms with Crippen LogP contribution < -0.4 is 0 Å². The first kappa shape index (κ1) is 16.1. The van der Waals surface area contributed by atoms with E-state index in [1.54, 1.807) is 17.2 Å². The molecule has 132 valence electrons. The van der Waals surface area contributed by atoms with Crippen LogP contribution in [-0.2, 0) is 4.79 Å². The van der Waals surface area contributed by atoms with E-state index < -0.39 is 0 Å². The van der Waals surface area contributed by atoms with Crippen LogP contribution in [0.15, 0.2) is 12.3 Å². The Hall–Kier alpha value is -2.44. The van der Waals surface area contributed by atoms with Crippen molar-refractivity contribution in [3.63, 3.8) is 0 Å². The molecule has 2 amide bonds. The third kappa shape index (κ3) is 3.23. The van der Waals surface area contributed by atoms with E-state index >= 15 is 0 Å². The maximum absolute atomic E-state index is 12.7. The maximum atomic E-state index is 12.7. The van der Waals surface area contributed by atoms with Crippen molar-refractivity contribution in [2.75, 3.05) is 26.2 Å². The van der Waals surface area contributed by atoms with Crippen molar-refractivity contribution in [2.24, 2.45) is 5.92 Å². The topological polar surface area (TPSA) is 82.2 Å². The molecule has 2 aromatic rings. The fraction of sp³-hybridized carbons (Fsp3) is 0.556. The zero-order valence-electron chi connectivity index (χ0n) is 14.5. The Labute approximate surface area is 146 Å². The quantitative estimate of drug-likeness (QED) is 0.922. The lowest BCUT2D eigenvalue weighted by Crippen LogP contribution is -2.53. The molecule has 0 radical (unpaired) electrons. The van der Waals surface area contributed by atoms with Crippen LogP contribution in [0.1, 0.15) is 41.9 Å². The van der Waals surface area contributed by atoms with Crippen LogP contribution in [0.25, 0.3) is 11.2 Å². The van der Waals surface area contributed by atoms with Gasteiger partial charge in [0.05, 0.1) is 11.1 Å². The Balaban J connectivity index is 1.43. The summed E-state index contributed by atoms with van der Waals surface area (Å²) in [5.74, 6) is 1.32. The van der Waals surface area contributed by atoms with Gasteiger partial charge in [-0.05, 0) is 31.7 Å². The maximum Gasteiger partial charge on any atom is 0.256 e. The SMILES string of the molecule is Cc1nc2ncc(C(=O)N3CCN(CC4CCCC4)C(=O)C3)cc2[nH]1. The van der Waals surface area contributed by atoms with Crippen LogP contribution in [-0.4, -0.2) is 62.7 Å². The number of piperazine rings is 1. The van der Waals surface area contributed by atoms with E-state index in [-0.39, 0.29) is 18.4 Å². The van der Waals surface area contributed by atoms with Gasteiger partial charge in [0, 0.05) is 25.8 Å². The van der Waals surface area contributed by atoms with Gasteiger partial charge < -0.3 is 14.8 Å². The molecule has 1 aliphatic carbocycles. The summed E-state index contributed by atoms with van der Waals surface area (Å²) in [6, 6.07) is 1.76. The van der Waals surface area contributed by atoms with Gasteiger partial charge in [-0.2, -0.15) is 0 Å². The lowest BCUT2D eigenvalue weighted by molar-refractivity contribution is -0.135. The molecule has 2 aromatic heterocycles. The number of fused-ring (bicyclic) bond motifs is 1. The number of aromatic amines is 1. The molecule has 1 N–H and O–H groups in total. The van der Waals surface area contributed by atoms with E-state index in [0.29, 0.717) is 30.2 Å². The lowest BCUT2D eigenvalue weighted by atomic mass is 10.1. The molecule has 1 saturated heterocycles. The number of H-pyrrole nitrogens is 1. The minimum Gasteiger partial charge on any atom is -0.341 e. The minimum absolute atomic E-state index is 0.0536. The molecule has 3 heterocycles. The molecule has 0 aromatic carbocycles. The van der Waals surface area contributed by atoms with Gasteiger partial charge in [0.25, 0.3) is 5.91 Å². The van der Waals surface area contributed by atoms with Gasteiger partial charge in [-0.3, -0.25) is 9.59 Å². The number of imidazole rings is 1. The molecule has 1 aliphatic heterocycles. The number of nitrogens with zero attached hydrogens (tertiary/aromatic N) is 4. The highest BCUT2D eigenvalue weighted by molar-refractivity contribution is 5.98. The Morgan fingerprint density at radius 3 is 2.88 bits per heavy atom. The Morgan fingerprint density at radius 1 is 1.32 bits per heavy atom. The van der Waals surface area contributed by atoms with E-state index in [1.807, 2.05) is 11.8 Å². The van der Waals surface area contributed by atoms with Crippen molar-refractivity contribution < 1.29 is 9.59 Å². The third-order valence-corrected chi connectivity index (χ3v) is 5.26. The fourth-order valence-electron chi connectivity index (χ4n) is 3.90. The molecule has 25 heavy (non-hydrogen) atoms. The second-order valence-electron chi connectivity index (χ2n) is 7.13. The van der Waals surface area contributed by atoms with Gasteiger partial charge in [-0.25, -0.2) is 9.97 Å². The molecule has 2 fully saturated rings. The number of nitrogens with one attached hydrogen (secondary N) is 1. The number of aryl methyl sites for hydroxylation is 1. The molecule has 2 aliphatic rings. The number of carbonyl (C=O) groups excluding carboxylic acids is 2. The van der Waals surface area contributed by atoms with E-state index in [0.717, 1.165) is 17.9 Å². The highest BCUT2D eigenvalue weighted by Crippen LogP contribution is 2.26. The normalized spacial score (nSPS) is 19.2. The largest absolute Gasteiger partial charge is 0.341 e. The molecule has 7 heteroatoms. The van der Waals surface area contributed by atoms with Gasteiger partial charge in [0.15, 0.2) is 5.65 Å². The number of rotatable bonds is 3. The first-order chi connectivity index (χ1) is 12.1. The van der Waals surface area contributed by atoms with Gasteiger partial charge in [0.1, 0.15) is 12.4 Å². The van der Waals surface area contributed by atoms with Crippen molar-refractivity contribution in [1.82, 2.24) is 24.8 Å². The number of pyridine rings is 1. The summed E-state index contributed by atoms with van der Waals surface area (Å²) in [5, 5.41) is 0. The first-order valence-corrected chi connectivity index (χ1v) is 8.99. The van der Waals surface area contributed by atoms with Crippen molar-refractivity contribution in [3.8, 4) is 0 Å².